The van der Waals surface area contributed by atoms with Crippen molar-refractivity contribution in [3.8, 4) is 11.5 Å². The number of para-hydroxylation sites is 3. The van der Waals surface area contributed by atoms with Gasteiger partial charge in [-0.15, -0.1) is 0 Å². The first-order valence-corrected chi connectivity index (χ1v) is 8.32. The molecule has 0 amide bonds. The molecule has 2 fully saturated rings. The first-order chi connectivity index (χ1) is 11.4. The molecule has 2 aromatic rings. The normalized spacial score (nSPS) is 22.7. The molecular weight excluding hydrogens is 286 g/mol. The lowest BCUT2D eigenvalue weighted by molar-refractivity contribution is 0.374. The predicted octanol–water partition coefficient (Wildman–Crippen LogP) is 3.97. The van der Waals surface area contributed by atoms with Crippen LogP contribution < -0.4 is 15.4 Å². The summed E-state index contributed by atoms with van der Waals surface area (Å²) in [5.74, 6) is 2.46. The van der Waals surface area contributed by atoms with Crippen LogP contribution in [0, 0.1) is 0 Å². The maximum atomic E-state index is 5.98. The first-order valence-electron chi connectivity index (χ1n) is 8.32. The molecule has 4 nitrogen and oxygen atoms in total. The quantitative estimate of drug-likeness (QED) is 0.902. The molecule has 4 heteroatoms. The minimum Gasteiger partial charge on any atom is -0.455 e. The van der Waals surface area contributed by atoms with Gasteiger partial charge >= 0.3 is 0 Å². The molecule has 0 unspecified atom stereocenters. The Balaban J connectivity index is 1.56. The van der Waals surface area contributed by atoms with E-state index in [4.69, 9.17) is 9.73 Å². The minimum atomic E-state index is 0.518. The second-order valence-corrected chi connectivity index (χ2v) is 6.13. The predicted molar refractivity (Wildman–Crippen MR) is 92.4 cm³/mol. The Labute approximate surface area is 136 Å². The van der Waals surface area contributed by atoms with Crippen LogP contribution in [0.1, 0.15) is 25.7 Å². The third-order valence-electron chi connectivity index (χ3n) is 4.48. The Morgan fingerprint density at radius 3 is 2.22 bits per heavy atom. The molecule has 4 rings (SSSR count). The lowest BCUT2D eigenvalue weighted by Gasteiger charge is -2.23. The Morgan fingerprint density at radius 2 is 1.48 bits per heavy atom. The zero-order valence-electron chi connectivity index (χ0n) is 13.0. The van der Waals surface area contributed by atoms with Crippen molar-refractivity contribution in [2.75, 3.05) is 0 Å². The van der Waals surface area contributed by atoms with Crippen LogP contribution in [-0.4, -0.2) is 18.0 Å². The molecule has 23 heavy (non-hydrogen) atoms. The molecule has 1 aliphatic carbocycles. The molecule has 2 atom stereocenters. The molecule has 1 saturated heterocycles. The molecule has 1 saturated carbocycles. The van der Waals surface area contributed by atoms with Gasteiger partial charge in [-0.3, -0.25) is 0 Å². The van der Waals surface area contributed by atoms with Gasteiger partial charge in [0, 0.05) is 12.1 Å². The summed E-state index contributed by atoms with van der Waals surface area (Å²) in [6.07, 6.45) is 5.05. The Morgan fingerprint density at radius 1 is 0.826 bits per heavy atom. The van der Waals surface area contributed by atoms with Crippen molar-refractivity contribution in [2.24, 2.45) is 4.99 Å². The zero-order chi connectivity index (χ0) is 15.5. The highest BCUT2D eigenvalue weighted by molar-refractivity contribution is 5.86. The van der Waals surface area contributed by atoms with Crippen LogP contribution in [0.3, 0.4) is 0 Å². The highest BCUT2D eigenvalue weighted by Gasteiger charge is 2.32. The van der Waals surface area contributed by atoms with E-state index < -0.39 is 0 Å². The number of hydrogen-bond acceptors (Lipinski definition) is 2. The topological polar surface area (TPSA) is 45.6 Å². The lowest BCUT2D eigenvalue weighted by Crippen LogP contribution is -2.36. The summed E-state index contributed by atoms with van der Waals surface area (Å²) < 4.78 is 5.98. The molecule has 0 aromatic heterocycles. The van der Waals surface area contributed by atoms with Gasteiger partial charge < -0.3 is 15.4 Å². The summed E-state index contributed by atoms with van der Waals surface area (Å²) in [7, 11) is 0. The monoisotopic (exact) mass is 307 g/mol. The van der Waals surface area contributed by atoms with Crippen molar-refractivity contribution in [1.82, 2.24) is 10.6 Å². The molecule has 118 valence electrons. The van der Waals surface area contributed by atoms with E-state index in [1.54, 1.807) is 0 Å². The minimum absolute atomic E-state index is 0.518. The molecule has 1 heterocycles. The number of fused-ring (bicyclic) bond motifs is 1. The second-order valence-electron chi connectivity index (χ2n) is 6.13. The fourth-order valence-electron chi connectivity index (χ4n) is 3.31. The van der Waals surface area contributed by atoms with Crippen LogP contribution in [0.15, 0.2) is 59.6 Å². The van der Waals surface area contributed by atoms with Gasteiger partial charge in [-0.2, -0.15) is 0 Å². The van der Waals surface area contributed by atoms with Crippen molar-refractivity contribution >= 4 is 11.6 Å². The van der Waals surface area contributed by atoms with Crippen molar-refractivity contribution in [2.45, 2.75) is 37.8 Å². The van der Waals surface area contributed by atoms with Crippen molar-refractivity contribution in [3.63, 3.8) is 0 Å². The van der Waals surface area contributed by atoms with Gasteiger partial charge in [0.25, 0.3) is 0 Å². The molecule has 0 radical (unpaired) electrons. The van der Waals surface area contributed by atoms with Gasteiger partial charge in [-0.05, 0) is 37.1 Å². The number of benzene rings is 2. The molecule has 2 aliphatic rings. The van der Waals surface area contributed by atoms with E-state index in [1.807, 2.05) is 54.6 Å². The zero-order valence-corrected chi connectivity index (χ0v) is 13.0. The Bertz CT molecular complexity index is 683. The van der Waals surface area contributed by atoms with E-state index in [9.17, 15) is 0 Å². The molecule has 2 aromatic carbocycles. The van der Waals surface area contributed by atoms with Crippen LogP contribution in [0.4, 0.5) is 5.69 Å². The van der Waals surface area contributed by atoms with Gasteiger partial charge in [0.15, 0.2) is 11.7 Å². The molecule has 0 bridgehead atoms. The highest BCUT2D eigenvalue weighted by atomic mass is 16.5. The Hall–Kier alpha value is -2.49. The fraction of sp³-hybridized carbons (Fsp3) is 0.316. The van der Waals surface area contributed by atoms with E-state index in [0.29, 0.717) is 12.1 Å². The molecule has 0 spiro atoms. The average Bonchev–Trinajstić information content (AvgIpc) is 3.00. The van der Waals surface area contributed by atoms with Crippen LogP contribution in [0.25, 0.3) is 0 Å². The molecule has 1 aliphatic heterocycles. The van der Waals surface area contributed by atoms with Gasteiger partial charge in [0.1, 0.15) is 11.4 Å². The largest absolute Gasteiger partial charge is 0.455 e. The number of hydrogen-bond donors (Lipinski definition) is 2. The maximum Gasteiger partial charge on any atom is 0.197 e. The SMILES string of the molecule is c1ccc(Oc2ccccc2N=C2N[C@@H]3CCCC[C@H]3N2)cc1. The fourth-order valence-corrected chi connectivity index (χ4v) is 3.31. The van der Waals surface area contributed by atoms with E-state index in [0.717, 1.165) is 23.1 Å². The second kappa shape index (κ2) is 6.32. The van der Waals surface area contributed by atoms with Crippen LogP contribution in [0.2, 0.25) is 0 Å². The number of nitrogens with zero attached hydrogens (tertiary/aromatic N) is 1. The van der Waals surface area contributed by atoms with Gasteiger partial charge in [-0.1, -0.05) is 43.2 Å². The lowest BCUT2D eigenvalue weighted by atomic mass is 9.92. The summed E-state index contributed by atoms with van der Waals surface area (Å²) in [4.78, 5) is 4.75. The van der Waals surface area contributed by atoms with Crippen molar-refractivity contribution < 1.29 is 4.74 Å². The van der Waals surface area contributed by atoms with Gasteiger partial charge in [0.05, 0.1) is 0 Å². The van der Waals surface area contributed by atoms with E-state index >= 15 is 0 Å². The number of ether oxygens (including phenoxy) is 1. The average molecular weight is 307 g/mol. The summed E-state index contributed by atoms with van der Waals surface area (Å²) in [6.45, 7) is 0. The number of aliphatic imine (C=N–C) groups is 1. The maximum absolute atomic E-state index is 5.98. The van der Waals surface area contributed by atoms with E-state index in [1.165, 1.54) is 25.7 Å². The van der Waals surface area contributed by atoms with Gasteiger partial charge in [-0.25, -0.2) is 4.99 Å². The number of guanidine groups is 1. The van der Waals surface area contributed by atoms with Crippen LogP contribution >= 0.6 is 0 Å². The van der Waals surface area contributed by atoms with Crippen molar-refractivity contribution in [3.05, 3.63) is 54.6 Å². The number of rotatable bonds is 3. The summed E-state index contributed by atoms with van der Waals surface area (Å²) >= 11 is 0. The molecule has 2 N–H and O–H groups in total. The highest BCUT2D eigenvalue weighted by Crippen LogP contribution is 2.32. The molecular formula is C19H21N3O. The van der Waals surface area contributed by atoms with Gasteiger partial charge in [0.2, 0.25) is 0 Å². The third-order valence-corrected chi connectivity index (χ3v) is 4.48. The summed E-state index contributed by atoms with van der Waals surface area (Å²) in [6, 6.07) is 18.7. The third kappa shape index (κ3) is 3.16. The summed E-state index contributed by atoms with van der Waals surface area (Å²) in [5, 5.41) is 7.03. The standard InChI is InChI=1S/C19H21N3O/c1-2-8-14(9-3-1)23-18-13-7-6-12-17(18)22-19-20-15-10-4-5-11-16(15)21-19/h1-3,6-9,12-13,15-16H,4-5,10-11H2,(H2,20,21,22)/t15-,16-/m1/s1. The van der Waals surface area contributed by atoms with Crippen LogP contribution in [0.5, 0.6) is 11.5 Å². The van der Waals surface area contributed by atoms with Crippen LogP contribution in [-0.2, 0) is 0 Å². The van der Waals surface area contributed by atoms with Crippen molar-refractivity contribution in [1.29, 1.82) is 0 Å². The summed E-state index contributed by atoms with van der Waals surface area (Å²) in [5.41, 5.74) is 0.838. The van der Waals surface area contributed by atoms with E-state index in [2.05, 4.69) is 10.6 Å². The smallest absolute Gasteiger partial charge is 0.197 e. The first kappa shape index (κ1) is 14.1. The number of nitrogens with one attached hydrogen (secondary N) is 2. The van der Waals surface area contributed by atoms with E-state index in [-0.39, 0.29) is 0 Å². The Kier molecular flexibility index (Phi) is 3.88.